The van der Waals surface area contributed by atoms with Crippen LogP contribution in [-0.2, 0) is 22.6 Å². The molecule has 2 heterocycles. The van der Waals surface area contributed by atoms with Gasteiger partial charge in [-0.1, -0.05) is 12.1 Å². The molecule has 0 spiro atoms. The number of nitrogens with one attached hydrogen (secondary N) is 2. The van der Waals surface area contributed by atoms with Gasteiger partial charge < -0.3 is 15.0 Å². The maximum absolute atomic E-state index is 13.7. The number of halogens is 3. The number of thiazole rings is 1. The molecule has 3 amide bonds. The second kappa shape index (κ2) is 8.78. The maximum atomic E-state index is 13.7. The summed E-state index contributed by atoms with van der Waals surface area (Å²) in [6, 6.07) is 5.31. The predicted octanol–water partition coefficient (Wildman–Crippen LogP) is 2.99. The number of amides is 3. The van der Waals surface area contributed by atoms with E-state index in [9.17, 15) is 22.8 Å². The lowest BCUT2D eigenvalue weighted by molar-refractivity contribution is -0.154. The maximum Gasteiger partial charge on any atom is 0.321 e. The van der Waals surface area contributed by atoms with E-state index < -0.39 is 36.2 Å². The molecule has 0 bridgehead atoms. The van der Waals surface area contributed by atoms with Crippen molar-refractivity contribution >= 4 is 28.4 Å². The van der Waals surface area contributed by atoms with Gasteiger partial charge in [0.05, 0.1) is 18.8 Å². The Morgan fingerprint density at radius 3 is 2.90 bits per heavy atom. The smallest absolute Gasteiger partial charge is 0.321 e. The van der Waals surface area contributed by atoms with Crippen LogP contribution in [0.15, 0.2) is 29.6 Å². The standard InChI is InChI=1S/C18H19F3N4O3S/c1-25(15(26)14-18(20,21)5-6-28-14)9-13-10-29-17(23-13)24-16(27)22-8-11-3-2-4-12(19)7-11/h2-4,7,10,14H,5-6,8-9H2,1H3,(H2,22,23,24,27)/t14-/m0/s1. The molecule has 2 N–H and O–H groups in total. The van der Waals surface area contributed by atoms with E-state index in [4.69, 9.17) is 4.74 Å². The van der Waals surface area contributed by atoms with Gasteiger partial charge in [-0.3, -0.25) is 10.1 Å². The number of urea groups is 1. The largest absolute Gasteiger partial charge is 0.362 e. The first-order chi connectivity index (χ1) is 13.7. The molecule has 0 saturated carbocycles. The van der Waals surface area contributed by atoms with Crippen molar-refractivity contribution in [2.45, 2.75) is 31.5 Å². The Morgan fingerprint density at radius 1 is 1.41 bits per heavy atom. The molecule has 1 fully saturated rings. The van der Waals surface area contributed by atoms with Gasteiger partial charge in [-0.25, -0.2) is 22.9 Å². The third-order valence-corrected chi connectivity index (χ3v) is 5.02. The molecular weight excluding hydrogens is 409 g/mol. The Labute approximate surface area is 168 Å². The highest BCUT2D eigenvalue weighted by Crippen LogP contribution is 2.32. The molecule has 11 heteroatoms. The van der Waals surface area contributed by atoms with E-state index in [2.05, 4.69) is 15.6 Å². The number of hydrogen-bond acceptors (Lipinski definition) is 5. The van der Waals surface area contributed by atoms with Crippen LogP contribution in [0.5, 0.6) is 0 Å². The average Bonchev–Trinajstić information content (AvgIpc) is 3.24. The summed E-state index contributed by atoms with van der Waals surface area (Å²) in [5.41, 5.74) is 1.04. The third kappa shape index (κ3) is 5.45. The predicted molar refractivity (Wildman–Crippen MR) is 100 cm³/mol. The van der Waals surface area contributed by atoms with Crippen molar-refractivity contribution in [1.29, 1.82) is 0 Å². The Morgan fingerprint density at radius 2 is 2.21 bits per heavy atom. The fourth-order valence-electron chi connectivity index (χ4n) is 2.75. The number of rotatable bonds is 6. The number of anilines is 1. The molecule has 2 aromatic rings. The van der Waals surface area contributed by atoms with Gasteiger partial charge in [0, 0.05) is 25.4 Å². The molecule has 0 aliphatic carbocycles. The van der Waals surface area contributed by atoms with Crippen molar-refractivity contribution in [3.8, 4) is 0 Å². The Balaban J connectivity index is 1.49. The molecule has 0 unspecified atom stereocenters. The summed E-state index contributed by atoms with van der Waals surface area (Å²) in [6.07, 6.45) is -2.26. The van der Waals surface area contributed by atoms with Crippen molar-refractivity contribution in [1.82, 2.24) is 15.2 Å². The van der Waals surface area contributed by atoms with E-state index in [1.54, 1.807) is 17.5 Å². The minimum Gasteiger partial charge on any atom is -0.362 e. The number of likely N-dealkylation sites (N-methyl/N-ethyl adjacent to an activating group) is 1. The van der Waals surface area contributed by atoms with E-state index in [1.165, 1.54) is 19.2 Å². The van der Waals surface area contributed by atoms with Gasteiger partial charge in [-0.2, -0.15) is 0 Å². The zero-order chi connectivity index (χ0) is 21.0. The Bertz CT molecular complexity index is 893. The minimum atomic E-state index is -3.18. The van der Waals surface area contributed by atoms with Crippen molar-refractivity contribution in [3.63, 3.8) is 0 Å². The fraction of sp³-hybridized carbons (Fsp3) is 0.389. The highest BCUT2D eigenvalue weighted by atomic mass is 32.1. The van der Waals surface area contributed by atoms with Crippen LogP contribution < -0.4 is 10.6 Å². The monoisotopic (exact) mass is 428 g/mol. The Kier molecular flexibility index (Phi) is 6.38. The molecule has 0 radical (unpaired) electrons. The van der Waals surface area contributed by atoms with E-state index in [-0.39, 0.29) is 24.8 Å². The summed E-state index contributed by atoms with van der Waals surface area (Å²) in [4.78, 5) is 29.4. The summed E-state index contributed by atoms with van der Waals surface area (Å²) >= 11 is 1.13. The van der Waals surface area contributed by atoms with Crippen molar-refractivity contribution < 1.29 is 27.5 Å². The molecule has 1 aliphatic rings. The molecule has 1 aliphatic heterocycles. The molecule has 156 valence electrons. The lowest BCUT2D eigenvalue weighted by Gasteiger charge is -2.23. The zero-order valence-corrected chi connectivity index (χ0v) is 16.3. The van der Waals surface area contributed by atoms with Crippen LogP contribution in [0.1, 0.15) is 17.7 Å². The first-order valence-corrected chi connectivity index (χ1v) is 9.60. The van der Waals surface area contributed by atoms with E-state index in [0.29, 0.717) is 11.3 Å². The van der Waals surface area contributed by atoms with Gasteiger partial charge in [0.15, 0.2) is 11.2 Å². The fourth-order valence-corrected chi connectivity index (χ4v) is 3.44. The van der Waals surface area contributed by atoms with E-state index in [1.807, 2.05) is 0 Å². The van der Waals surface area contributed by atoms with Gasteiger partial charge in [0.2, 0.25) is 0 Å². The van der Waals surface area contributed by atoms with Crippen molar-refractivity contribution in [2.75, 3.05) is 19.0 Å². The number of nitrogens with zero attached hydrogens (tertiary/aromatic N) is 2. The van der Waals surface area contributed by atoms with Crippen LogP contribution in [-0.4, -0.2) is 47.5 Å². The number of hydrogen-bond donors (Lipinski definition) is 2. The molecule has 29 heavy (non-hydrogen) atoms. The summed E-state index contributed by atoms with van der Waals surface area (Å²) < 4.78 is 45.3. The highest BCUT2D eigenvalue weighted by molar-refractivity contribution is 7.13. The first kappa shape index (κ1) is 21.1. The van der Waals surface area contributed by atoms with Gasteiger partial charge in [0.1, 0.15) is 5.82 Å². The molecule has 3 rings (SSSR count). The molecular formula is C18H19F3N4O3S. The second-order valence-electron chi connectivity index (χ2n) is 6.54. The van der Waals surface area contributed by atoms with Gasteiger partial charge in [-0.05, 0) is 17.7 Å². The van der Waals surface area contributed by atoms with Gasteiger partial charge in [0.25, 0.3) is 11.8 Å². The highest BCUT2D eigenvalue weighted by Gasteiger charge is 2.50. The number of carbonyl (C=O) groups excluding carboxylic acids is 2. The van der Waals surface area contributed by atoms with Crippen LogP contribution in [0.4, 0.5) is 23.1 Å². The van der Waals surface area contributed by atoms with E-state index >= 15 is 0 Å². The lowest BCUT2D eigenvalue weighted by atomic mass is 10.1. The van der Waals surface area contributed by atoms with Crippen LogP contribution in [0.2, 0.25) is 0 Å². The minimum absolute atomic E-state index is 0.00212. The molecule has 1 saturated heterocycles. The number of aromatic nitrogens is 1. The number of benzene rings is 1. The summed E-state index contributed by atoms with van der Waals surface area (Å²) in [5, 5.41) is 7.00. The lowest BCUT2D eigenvalue weighted by Crippen LogP contribution is -2.44. The topological polar surface area (TPSA) is 83.6 Å². The van der Waals surface area contributed by atoms with E-state index in [0.717, 1.165) is 16.2 Å². The van der Waals surface area contributed by atoms with Gasteiger partial charge in [-0.15, -0.1) is 11.3 Å². The third-order valence-electron chi connectivity index (χ3n) is 4.22. The van der Waals surface area contributed by atoms with Crippen LogP contribution in [0, 0.1) is 5.82 Å². The SMILES string of the molecule is CN(Cc1csc(NC(=O)NCc2cccc(F)c2)n1)C(=O)[C@@H]1OCCC1(F)F. The molecule has 1 aromatic carbocycles. The molecule has 1 atom stereocenters. The van der Waals surface area contributed by atoms with Gasteiger partial charge >= 0.3 is 6.03 Å². The Hall–Kier alpha value is -2.66. The zero-order valence-electron chi connectivity index (χ0n) is 15.5. The summed E-state index contributed by atoms with van der Waals surface area (Å²) in [5.74, 6) is -4.39. The number of carbonyl (C=O) groups is 2. The van der Waals surface area contributed by atoms with Crippen molar-refractivity contribution in [3.05, 3.63) is 46.7 Å². The molecule has 7 nitrogen and oxygen atoms in total. The number of ether oxygens (including phenoxy) is 1. The quantitative estimate of drug-likeness (QED) is 0.741. The van der Waals surface area contributed by atoms with Crippen LogP contribution >= 0.6 is 11.3 Å². The first-order valence-electron chi connectivity index (χ1n) is 8.73. The number of alkyl halides is 2. The molecule has 1 aromatic heterocycles. The normalized spacial score (nSPS) is 17.7. The summed E-state index contributed by atoms with van der Waals surface area (Å²) in [6.45, 7) is -0.0285. The summed E-state index contributed by atoms with van der Waals surface area (Å²) in [7, 11) is 1.39. The van der Waals surface area contributed by atoms with Crippen molar-refractivity contribution in [2.24, 2.45) is 0 Å². The van der Waals surface area contributed by atoms with Crippen LogP contribution in [0.25, 0.3) is 0 Å². The average molecular weight is 428 g/mol. The van der Waals surface area contributed by atoms with Crippen LogP contribution in [0.3, 0.4) is 0 Å². The second-order valence-corrected chi connectivity index (χ2v) is 7.40.